The van der Waals surface area contributed by atoms with Gasteiger partial charge in [0.05, 0.1) is 7.11 Å². The molecule has 22 heavy (non-hydrogen) atoms. The van der Waals surface area contributed by atoms with Crippen LogP contribution >= 0.6 is 0 Å². The summed E-state index contributed by atoms with van der Waals surface area (Å²) < 4.78 is 32.7. The Morgan fingerprint density at radius 2 is 1.91 bits per heavy atom. The van der Waals surface area contributed by atoms with Crippen LogP contribution in [0.15, 0.2) is 23.1 Å². The molecule has 1 aromatic rings. The normalized spacial score (nSPS) is 15.5. The van der Waals surface area contributed by atoms with Gasteiger partial charge in [-0.25, -0.2) is 13.1 Å². The average Bonchev–Trinajstić information content (AvgIpc) is 3.19. The van der Waals surface area contributed by atoms with Crippen molar-refractivity contribution in [3.05, 3.63) is 23.8 Å². The van der Waals surface area contributed by atoms with Crippen LogP contribution in [-0.2, 0) is 10.0 Å². The molecule has 0 bridgehead atoms. The second kappa shape index (κ2) is 5.89. The summed E-state index contributed by atoms with van der Waals surface area (Å²) in [5, 5.41) is 2.84. The average molecular weight is 326 g/mol. The van der Waals surface area contributed by atoms with E-state index in [-0.39, 0.29) is 22.6 Å². The molecular weight excluding hydrogens is 304 g/mol. The van der Waals surface area contributed by atoms with E-state index in [0.29, 0.717) is 5.56 Å². The summed E-state index contributed by atoms with van der Waals surface area (Å²) >= 11 is 0. The Bertz CT molecular complexity index is 673. The topological polar surface area (TPSA) is 84.5 Å². The number of carbonyl (C=O) groups excluding carboxylic acids is 1. The molecular formula is C15H22N2O4S. The maximum Gasteiger partial charge on any atom is 0.251 e. The number of amides is 1. The molecule has 0 unspecified atom stereocenters. The molecule has 2 rings (SSSR count). The minimum absolute atomic E-state index is 0.0339. The Morgan fingerprint density at radius 1 is 1.27 bits per heavy atom. The molecule has 1 aromatic carbocycles. The van der Waals surface area contributed by atoms with E-state index in [9.17, 15) is 13.2 Å². The first-order valence-corrected chi connectivity index (χ1v) is 8.63. The van der Waals surface area contributed by atoms with Crippen molar-refractivity contribution in [2.24, 2.45) is 0 Å². The van der Waals surface area contributed by atoms with Gasteiger partial charge in [0.25, 0.3) is 5.91 Å². The third-order valence-corrected chi connectivity index (χ3v) is 4.85. The van der Waals surface area contributed by atoms with Gasteiger partial charge in [-0.2, -0.15) is 0 Å². The van der Waals surface area contributed by atoms with Crippen molar-refractivity contribution in [2.45, 2.75) is 50.1 Å². The van der Waals surface area contributed by atoms with Gasteiger partial charge in [0.15, 0.2) is 0 Å². The summed E-state index contributed by atoms with van der Waals surface area (Å²) in [5.74, 6) is -0.0583. The second-order valence-electron chi connectivity index (χ2n) is 6.47. The Morgan fingerprint density at radius 3 is 2.41 bits per heavy atom. The quantitative estimate of drug-likeness (QED) is 0.862. The van der Waals surface area contributed by atoms with Gasteiger partial charge in [0.1, 0.15) is 10.6 Å². The zero-order valence-electron chi connectivity index (χ0n) is 13.3. The molecule has 122 valence electrons. The Labute approximate surface area is 131 Å². The van der Waals surface area contributed by atoms with Gasteiger partial charge in [-0.1, -0.05) is 0 Å². The fourth-order valence-corrected chi connectivity index (χ4v) is 3.60. The summed E-state index contributed by atoms with van der Waals surface area (Å²) in [6, 6.07) is 4.62. The van der Waals surface area contributed by atoms with Gasteiger partial charge in [-0.05, 0) is 51.8 Å². The summed E-state index contributed by atoms with van der Waals surface area (Å²) in [6.07, 6.45) is 1.94. The van der Waals surface area contributed by atoms with Crippen molar-refractivity contribution in [3.63, 3.8) is 0 Å². The number of rotatable bonds is 5. The lowest BCUT2D eigenvalue weighted by molar-refractivity contribution is 0.0951. The van der Waals surface area contributed by atoms with Crippen LogP contribution in [0.25, 0.3) is 0 Å². The van der Waals surface area contributed by atoms with Crippen LogP contribution in [0.3, 0.4) is 0 Å². The molecule has 1 amide bonds. The first-order valence-electron chi connectivity index (χ1n) is 7.15. The zero-order valence-corrected chi connectivity index (χ0v) is 14.1. The SMILES string of the molecule is COc1ccc(C(=O)NC2CC2)cc1S(=O)(=O)NC(C)(C)C. The molecule has 6 nitrogen and oxygen atoms in total. The Hall–Kier alpha value is -1.60. The summed E-state index contributed by atoms with van der Waals surface area (Å²) in [7, 11) is -2.39. The maximum atomic E-state index is 12.5. The van der Waals surface area contributed by atoms with Gasteiger partial charge >= 0.3 is 0 Å². The first kappa shape index (κ1) is 16.8. The number of sulfonamides is 1. The first-order chi connectivity index (χ1) is 10.1. The molecule has 0 aliphatic heterocycles. The number of nitrogens with one attached hydrogen (secondary N) is 2. The van der Waals surface area contributed by atoms with Gasteiger partial charge in [-0.3, -0.25) is 4.79 Å². The van der Waals surface area contributed by atoms with Crippen LogP contribution in [0.1, 0.15) is 44.0 Å². The van der Waals surface area contributed by atoms with Crippen LogP contribution in [-0.4, -0.2) is 33.0 Å². The highest BCUT2D eigenvalue weighted by molar-refractivity contribution is 7.89. The van der Waals surface area contributed by atoms with E-state index in [0.717, 1.165) is 12.8 Å². The van der Waals surface area contributed by atoms with Gasteiger partial charge in [-0.15, -0.1) is 0 Å². The lowest BCUT2D eigenvalue weighted by Gasteiger charge is -2.21. The fourth-order valence-electron chi connectivity index (χ4n) is 1.98. The summed E-state index contributed by atoms with van der Waals surface area (Å²) in [6.45, 7) is 5.25. The molecule has 0 radical (unpaired) electrons. The number of hydrogen-bond donors (Lipinski definition) is 2. The number of carbonyl (C=O) groups is 1. The molecule has 1 fully saturated rings. The van der Waals surface area contributed by atoms with Crippen molar-refractivity contribution in [1.82, 2.24) is 10.0 Å². The molecule has 7 heteroatoms. The van der Waals surface area contributed by atoms with Gasteiger partial charge in [0.2, 0.25) is 10.0 Å². The summed E-state index contributed by atoms with van der Waals surface area (Å²) in [4.78, 5) is 12.1. The fraction of sp³-hybridized carbons (Fsp3) is 0.533. The highest BCUT2D eigenvalue weighted by atomic mass is 32.2. The highest BCUT2D eigenvalue weighted by Gasteiger charge is 2.28. The lowest BCUT2D eigenvalue weighted by atomic mass is 10.1. The van der Waals surface area contributed by atoms with Crippen molar-refractivity contribution >= 4 is 15.9 Å². The van der Waals surface area contributed by atoms with Crippen molar-refractivity contribution < 1.29 is 17.9 Å². The monoisotopic (exact) mass is 326 g/mol. The molecule has 0 atom stereocenters. The third-order valence-electron chi connectivity index (χ3n) is 3.07. The van der Waals surface area contributed by atoms with E-state index in [4.69, 9.17) is 4.74 Å². The zero-order chi connectivity index (χ0) is 16.5. The molecule has 0 heterocycles. The molecule has 0 aromatic heterocycles. The molecule has 1 aliphatic carbocycles. The molecule has 0 saturated heterocycles. The largest absolute Gasteiger partial charge is 0.495 e. The predicted octanol–water partition coefficient (Wildman–Crippen LogP) is 1.66. The third kappa shape index (κ3) is 4.20. The van der Waals surface area contributed by atoms with Crippen LogP contribution in [0.5, 0.6) is 5.75 Å². The molecule has 2 N–H and O–H groups in total. The smallest absolute Gasteiger partial charge is 0.251 e. The molecule has 1 saturated carbocycles. The van der Waals surface area contributed by atoms with E-state index >= 15 is 0 Å². The van der Waals surface area contributed by atoms with Crippen molar-refractivity contribution in [1.29, 1.82) is 0 Å². The Balaban J connectivity index is 2.37. The Kier molecular flexibility index (Phi) is 4.49. The standard InChI is InChI=1S/C15H22N2O4S/c1-15(2,3)17-22(19,20)13-9-10(5-8-12(13)21-4)14(18)16-11-6-7-11/h5,8-9,11,17H,6-7H2,1-4H3,(H,16,18). The van der Waals surface area contributed by atoms with E-state index in [2.05, 4.69) is 10.0 Å². The van der Waals surface area contributed by atoms with Gasteiger partial charge in [0, 0.05) is 17.1 Å². The minimum Gasteiger partial charge on any atom is -0.495 e. The van der Waals surface area contributed by atoms with Crippen LogP contribution in [0.4, 0.5) is 0 Å². The van der Waals surface area contributed by atoms with Crippen LogP contribution in [0, 0.1) is 0 Å². The van der Waals surface area contributed by atoms with E-state index < -0.39 is 15.6 Å². The minimum atomic E-state index is -3.78. The van der Waals surface area contributed by atoms with Crippen molar-refractivity contribution in [2.75, 3.05) is 7.11 Å². The van der Waals surface area contributed by atoms with Gasteiger partial charge < -0.3 is 10.1 Å². The van der Waals surface area contributed by atoms with E-state index in [1.54, 1.807) is 26.8 Å². The molecule has 0 spiro atoms. The van der Waals surface area contributed by atoms with E-state index in [1.807, 2.05) is 0 Å². The number of benzene rings is 1. The lowest BCUT2D eigenvalue weighted by Crippen LogP contribution is -2.40. The highest BCUT2D eigenvalue weighted by Crippen LogP contribution is 2.27. The summed E-state index contributed by atoms with van der Waals surface area (Å²) in [5.41, 5.74) is -0.321. The molecule has 1 aliphatic rings. The second-order valence-corrected chi connectivity index (χ2v) is 8.12. The number of hydrogen-bond acceptors (Lipinski definition) is 4. The maximum absolute atomic E-state index is 12.5. The van der Waals surface area contributed by atoms with Crippen LogP contribution < -0.4 is 14.8 Å². The predicted molar refractivity (Wildman–Crippen MR) is 83.6 cm³/mol. The van der Waals surface area contributed by atoms with Crippen molar-refractivity contribution in [3.8, 4) is 5.75 Å². The number of ether oxygens (including phenoxy) is 1. The van der Waals surface area contributed by atoms with E-state index in [1.165, 1.54) is 19.2 Å². The van der Waals surface area contributed by atoms with Crippen LogP contribution in [0.2, 0.25) is 0 Å². The number of methoxy groups -OCH3 is 1.